The lowest BCUT2D eigenvalue weighted by atomic mass is 10.2. The van der Waals surface area contributed by atoms with Gasteiger partial charge in [-0.2, -0.15) is 0 Å². The van der Waals surface area contributed by atoms with Crippen LogP contribution in [0.25, 0.3) is 0 Å². The van der Waals surface area contributed by atoms with Crippen molar-refractivity contribution >= 4 is 6.09 Å². The summed E-state index contributed by atoms with van der Waals surface area (Å²) in [6, 6.07) is 9.78. The molecule has 1 aromatic rings. The largest absolute Gasteiger partial charge is 0.465 e. The molecule has 1 amide bonds. The Morgan fingerprint density at radius 1 is 1.44 bits per heavy atom. The van der Waals surface area contributed by atoms with Gasteiger partial charge in [0.05, 0.1) is 19.3 Å². The summed E-state index contributed by atoms with van der Waals surface area (Å²) in [5, 5.41) is 12.3. The number of nitrogens with zero attached hydrogens (tertiary/aromatic N) is 1. The summed E-state index contributed by atoms with van der Waals surface area (Å²) in [6.07, 6.45) is -0.871. The van der Waals surface area contributed by atoms with Crippen LogP contribution in [0.5, 0.6) is 0 Å². The highest BCUT2D eigenvalue weighted by molar-refractivity contribution is 5.65. The topological polar surface area (TPSA) is 61.8 Å². The van der Waals surface area contributed by atoms with Gasteiger partial charge in [0.15, 0.2) is 0 Å². The quantitative estimate of drug-likeness (QED) is 0.841. The number of carboxylic acid groups (broad SMARTS) is 1. The fourth-order valence-corrected chi connectivity index (χ4v) is 2.05. The predicted molar refractivity (Wildman–Crippen MR) is 67.5 cm³/mol. The van der Waals surface area contributed by atoms with E-state index in [9.17, 15) is 4.79 Å². The van der Waals surface area contributed by atoms with Crippen molar-refractivity contribution in [2.75, 3.05) is 26.2 Å². The number of carbonyl (C=O) groups is 1. The van der Waals surface area contributed by atoms with E-state index in [-0.39, 0.29) is 6.04 Å². The minimum Gasteiger partial charge on any atom is -0.465 e. The Morgan fingerprint density at radius 3 is 2.94 bits per heavy atom. The van der Waals surface area contributed by atoms with Gasteiger partial charge in [-0.05, 0) is 5.56 Å². The second-order valence-corrected chi connectivity index (χ2v) is 4.33. The summed E-state index contributed by atoms with van der Waals surface area (Å²) in [7, 11) is 0. The monoisotopic (exact) mass is 250 g/mol. The third-order valence-corrected chi connectivity index (χ3v) is 3.02. The highest BCUT2D eigenvalue weighted by atomic mass is 16.5. The van der Waals surface area contributed by atoms with Gasteiger partial charge >= 0.3 is 6.09 Å². The minimum atomic E-state index is -0.871. The lowest BCUT2D eigenvalue weighted by Gasteiger charge is -2.33. The zero-order valence-corrected chi connectivity index (χ0v) is 10.2. The smallest absolute Gasteiger partial charge is 0.407 e. The van der Waals surface area contributed by atoms with E-state index in [0.29, 0.717) is 32.8 Å². The summed E-state index contributed by atoms with van der Waals surface area (Å²) in [5.41, 5.74) is 1.10. The van der Waals surface area contributed by atoms with Crippen LogP contribution in [0.4, 0.5) is 4.79 Å². The normalized spacial score (nSPS) is 19.8. The van der Waals surface area contributed by atoms with Crippen molar-refractivity contribution in [3.8, 4) is 0 Å². The molecule has 0 aliphatic carbocycles. The molecule has 0 bridgehead atoms. The Labute approximate surface area is 106 Å². The third-order valence-electron chi connectivity index (χ3n) is 3.02. The molecule has 0 saturated carbocycles. The number of amides is 1. The maximum absolute atomic E-state index is 11.0. The van der Waals surface area contributed by atoms with Gasteiger partial charge < -0.3 is 20.1 Å². The number of hydrogen-bond acceptors (Lipinski definition) is 3. The van der Waals surface area contributed by atoms with Crippen LogP contribution in [0.2, 0.25) is 0 Å². The summed E-state index contributed by atoms with van der Waals surface area (Å²) in [5.74, 6) is 0. The van der Waals surface area contributed by atoms with Gasteiger partial charge in [-0.15, -0.1) is 0 Å². The van der Waals surface area contributed by atoms with Gasteiger partial charge in [0.2, 0.25) is 0 Å². The van der Waals surface area contributed by atoms with Gasteiger partial charge in [0.1, 0.15) is 0 Å². The van der Waals surface area contributed by atoms with Crippen molar-refractivity contribution in [1.29, 1.82) is 0 Å². The second-order valence-electron chi connectivity index (χ2n) is 4.33. The fourth-order valence-electron chi connectivity index (χ4n) is 2.05. The number of nitrogens with one attached hydrogen (secondary N) is 1. The highest BCUT2D eigenvalue weighted by Crippen LogP contribution is 2.06. The Morgan fingerprint density at radius 2 is 2.22 bits per heavy atom. The molecule has 5 heteroatoms. The maximum Gasteiger partial charge on any atom is 0.407 e. The summed E-state index contributed by atoms with van der Waals surface area (Å²) in [4.78, 5) is 12.5. The molecule has 18 heavy (non-hydrogen) atoms. The van der Waals surface area contributed by atoms with E-state index in [1.54, 1.807) is 0 Å². The molecule has 0 spiro atoms. The Bertz CT molecular complexity index is 383. The standard InChI is InChI=1S/C13H18N2O3/c16-13(17)15-7-6-14-8-12(15)10-18-9-11-4-2-1-3-5-11/h1-5,12,14H,6-10H2,(H,16,17). The molecule has 1 atom stereocenters. The average Bonchev–Trinajstić information content (AvgIpc) is 2.40. The van der Waals surface area contributed by atoms with Crippen LogP contribution in [0, 0.1) is 0 Å². The van der Waals surface area contributed by atoms with E-state index in [4.69, 9.17) is 9.84 Å². The molecule has 0 aromatic heterocycles. The first-order valence-corrected chi connectivity index (χ1v) is 6.09. The molecular formula is C13H18N2O3. The zero-order valence-electron chi connectivity index (χ0n) is 10.2. The van der Waals surface area contributed by atoms with Gasteiger partial charge in [-0.3, -0.25) is 0 Å². The number of piperazine rings is 1. The van der Waals surface area contributed by atoms with Crippen LogP contribution < -0.4 is 5.32 Å². The molecule has 1 aliphatic rings. The molecule has 1 aliphatic heterocycles. The summed E-state index contributed by atoms with van der Waals surface area (Å²) >= 11 is 0. The van der Waals surface area contributed by atoms with E-state index in [2.05, 4.69) is 5.32 Å². The number of benzene rings is 1. The first-order chi connectivity index (χ1) is 8.77. The van der Waals surface area contributed by atoms with Crippen LogP contribution >= 0.6 is 0 Å². The lowest BCUT2D eigenvalue weighted by Crippen LogP contribution is -2.55. The van der Waals surface area contributed by atoms with Gasteiger partial charge in [0, 0.05) is 19.6 Å². The van der Waals surface area contributed by atoms with Crippen molar-refractivity contribution in [3.63, 3.8) is 0 Å². The number of hydrogen-bond donors (Lipinski definition) is 2. The highest BCUT2D eigenvalue weighted by Gasteiger charge is 2.26. The molecular weight excluding hydrogens is 232 g/mol. The lowest BCUT2D eigenvalue weighted by molar-refractivity contribution is 0.0402. The van der Waals surface area contributed by atoms with Gasteiger partial charge in [-0.1, -0.05) is 30.3 Å². The molecule has 2 rings (SSSR count). The Kier molecular flexibility index (Phi) is 4.55. The number of rotatable bonds is 4. The van der Waals surface area contributed by atoms with E-state index in [0.717, 1.165) is 5.56 Å². The molecule has 1 aromatic carbocycles. The van der Waals surface area contributed by atoms with Crippen molar-refractivity contribution in [2.45, 2.75) is 12.6 Å². The molecule has 98 valence electrons. The van der Waals surface area contributed by atoms with Crippen LogP contribution in [0.15, 0.2) is 30.3 Å². The molecule has 1 fully saturated rings. The van der Waals surface area contributed by atoms with Crippen molar-refractivity contribution in [1.82, 2.24) is 10.2 Å². The summed E-state index contributed by atoms with van der Waals surface area (Å²) < 4.78 is 5.59. The van der Waals surface area contributed by atoms with Gasteiger partial charge in [-0.25, -0.2) is 4.79 Å². The molecule has 1 heterocycles. The molecule has 1 unspecified atom stereocenters. The Balaban J connectivity index is 1.79. The fraction of sp³-hybridized carbons (Fsp3) is 0.462. The minimum absolute atomic E-state index is 0.0973. The zero-order chi connectivity index (χ0) is 12.8. The third kappa shape index (κ3) is 3.45. The van der Waals surface area contributed by atoms with E-state index in [1.807, 2.05) is 30.3 Å². The van der Waals surface area contributed by atoms with E-state index >= 15 is 0 Å². The van der Waals surface area contributed by atoms with Crippen LogP contribution in [-0.4, -0.2) is 48.4 Å². The average molecular weight is 250 g/mol. The predicted octanol–water partition coefficient (Wildman–Crippen LogP) is 1.15. The van der Waals surface area contributed by atoms with Crippen molar-refractivity contribution in [2.24, 2.45) is 0 Å². The van der Waals surface area contributed by atoms with Gasteiger partial charge in [0.25, 0.3) is 0 Å². The molecule has 1 saturated heterocycles. The summed E-state index contributed by atoms with van der Waals surface area (Å²) in [6.45, 7) is 2.83. The number of ether oxygens (including phenoxy) is 1. The van der Waals surface area contributed by atoms with E-state index < -0.39 is 6.09 Å². The van der Waals surface area contributed by atoms with Crippen LogP contribution in [0.3, 0.4) is 0 Å². The molecule has 5 nitrogen and oxygen atoms in total. The van der Waals surface area contributed by atoms with Crippen molar-refractivity contribution in [3.05, 3.63) is 35.9 Å². The second kappa shape index (κ2) is 6.37. The van der Waals surface area contributed by atoms with E-state index in [1.165, 1.54) is 4.90 Å². The SMILES string of the molecule is O=C(O)N1CCNCC1COCc1ccccc1. The first kappa shape index (κ1) is 12.9. The van der Waals surface area contributed by atoms with Crippen LogP contribution in [0.1, 0.15) is 5.56 Å². The molecule has 2 N–H and O–H groups in total. The molecule has 0 radical (unpaired) electrons. The first-order valence-electron chi connectivity index (χ1n) is 6.09. The Hall–Kier alpha value is -1.59. The van der Waals surface area contributed by atoms with Crippen LogP contribution in [-0.2, 0) is 11.3 Å². The van der Waals surface area contributed by atoms with Crippen molar-refractivity contribution < 1.29 is 14.6 Å². The maximum atomic E-state index is 11.0.